The molecule has 0 aliphatic heterocycles. The Morgan fingerprint density at radius 3 is 2.14 bits per heavy atom. The van der Waals surface area contributed by atoms with Crippen LogP contribution in [0.4, 0.5) is 0 Å². The van der Waals surface area contributed by atoms with E-state index in [-0.39, 0.29) is 21.9 Å². The van der Waals surface area contributed by atoms with Crippen LogP contribution in [0.25, 0.3) is 0 Å². The summed E-state index contributed by atoms with van der Waals surface area (Å²) < 4.78 is 0. The van der Waals surface area contributed by atoms with Gasteiger partial charge in [0.05, 0.1) is 10.6 Å². The summed E-state index contributed by atoms with van der Waals surface area (Å²) in [5.74, 6) is -1.04. The molecule has 0 heterocycles. The number of carbonyl (C=O) groups excluding carboxylic acids is 2. The molecule has 2 aromatic rings. The fourth-order valence-electron chi connectivity index (χ4n) is 1.54. The number of benzene rings is 2. The summed E-state index contributed by atoms with van der Waals surface area (Å²) in [6.07, 6.45) is 0. The van der Waals surface area contributed by atoms with Gasteiger partial charge in [-0.25, -0.2) is 0 Å². The second-order valence-corrected chi connectivity index (χ2v) is 4.92. The fourth-order valence-corrected chi connectivity index (χ4v) is 2.03. The number of carbonyl (C=O) groups is 2. The highest BCUT2D eigenvalue weighted by Crippen LogP contribution is 2.20. The Morgan fingerprint density at radius 2 is 1.52 bits per heavy atom. The van der Waals surface area contributed by atoms with Gasteiger partial charge in [-0.05, 0) is 42.5 Å². The van der Waals surface area contributed by atoms with Crippen LogP contribution < -0.4 is 10.9 Å². The molecule has 2 rings (SSSR count). The van der Waals surface area contributed by atoms with Crippen LogP contribution in [0.3, 0.4) is 0 Å². The minimum atomic E-state index is -0.566. The predicted octanol–water partition coefficient (Wildman–Crippen LogP) is 2.77. The van der Waals surface area contributed by atoms with E-state index in [2.05, 4.69) is 10.9 Å². The Labute approximate surface area is 130 Å². The third-order valence-corrected chi connectivity index (χ3v) is 3.14. The molecule has 2 amide bonds. The molecular weight excluding hydrogens is 315 g/mol. The second kappa shape index (κ2) is 6.47. The van der Waals surface area contributed by atoms with Gasteiger partial charge in [-0.15, -0.1) is 0 Å². The lowest BCUT2D eigenvalue weighted by atomic mass is 10.2. The standard InChI is InChI=1S/C14H10Cl2N2O3/c15-9-3-6-11(12(16)7-9)14(21)18-17-13(20)8-1-4-10(19)5-2-8/h1-7,19H,(H,17,20)(H,18,21). The molecule has 108 valence electrons. The summed E-state index contributed by atoms with van der Waals surface area (Å²) in [5.41, 5.74) is 4.96. The Morgan fingerprint density at radius 1 is 0.905 bits per heavy atom. The third-order valence-electron chi connectivity index (χ3n) is 2.59. The monoisotopic (exact) mass is 324 g/mol. The van der Waals surface area contributed by atoms with Gasteiger partial charge >= 0.3 is 0 Å². The normalized spacial score (nSPS) is 10.0. The van der Waals surface area contributed by atoms with E-state index >= 15 is 0 Å². The van der Waals surface area contributed by atoms with Crippen molar-refractivity contribution >= 4 is 35.0 Å². The zero-order chi connectivity index (χ0) is 15.4. The predicted molar refractivity (Wildman–Crippen MR) is 79.5 cm³/mol. The summed E-state index contributed by atoms with van der Waals surface area (Å²) in [4.78, 5) is 23.6. The number of hydrazine groups is 1. The van der Waals surface area contributed by atoms with E-state index < -0.39 is 11.8 Å². The topological polar surface area (TPSA) is 78.4 Å². The third kappa shape index (κ3) is 3.87. The van der Waals surface area contributed by atoms with Crippen LogP contribution in [-0.4, -0.2) is 16.9 Å². The van der Waals surface area contributed by atoms with Crippen LogP contribution in [0.5, 0.6) is 5.75 Å². The maximum atomic E-state index is 11.9. The van der Waals surface area contributed by atoms with Crippen molar-refractivity contribution in [1.82, 2.24) is 10.9 Å². The lowest BCUT2D eigenvalue weighted by Gasteiger charge is -2.08. The zero-order valence-corrected chi connectivity index (χ0v) is 12.1. The number of halogens is 2. The molecular formula is C14H10Cl2N2O3. The van der Waals surface area contributed by atoms with Crippen molar-refractivity contribution in [2.75, 3.05) is 0 Å². The molecule has 0 aliphatic carbocycles. The first-order valence-corrected chi connectivity index (χ1v) is 6.58. The largest absolute Gasteiger partial charge is 0.508 e. The highest BCUT2D eigenvalue weighted by atomic mass is 35.5. The molecule has 2 aromatic carbocycles. The Balaban J connectivity index is 2.00. The molecule has 0 bridgehead atoms. The molecule has 0 unspecified atom stereocenters. The van der Waals surface area contributed by atoms with Crippen LogP contribution in [-0.2, 0) is 0 Å². The minimum Gasteiger partial charge on any atom is -0.508 e. The van der Waals surface area contributed by atoms with Crippen LogP contribution >= 0.6 is 23.2 Å². The molecule has 3 N–H and O–H groups in total. The average Bonchev–Trinajstić information content (AvgIpc) is 2.45. The van der Waals surface area contributed by atoms with Gasteiger partial charge in [-0.1, -0.05) is 23.2 Å². The number of amides is 2. The van der Waals surface area contributed by atoms with Crippen molar-refractivity contribution in [1.29, 1.82) is 0 Å². The maximum Gasteiger partial charge on any atom is 0.271 e. The fraction of sp³-hybridized carbons (Fsp3) is 0. The lowest BCUT2D eigenvalue weighted by Crippen LogP contribution is -2.41. The molecule has 0 radical (unpaired) electrons. The highest BCUT2D eigenvalue weighted by Gasteiger charge is 2.12. The number of aromatic hydroxyl groups is 1. The van der Waals surface area contributed by atoms with Crippen LogP contribution in [0.15, 0.2) is 42.5 Å². The quantitative estimate of drug-likeness (QED) is 0.743. The smallest absolute Gasteiger partial charge is 0.271 e. The van der Waals surface area contributed by atoms with Crippen molar-refractivity contribution < 1.29 is 14.7 Å². The van der Waals surface area contributed by atoms with Crippen LogP contribution in [0, 0.1) is 0 Å². The number of nitrogens with one attached hydrogen (secondary N) is 2. The van der Waals surface area contributed by atoms with E-state index in [0.29, 0.717) is 5.02 Å². The van der Waals surface area contributed by atoms with Gasteiger partial charge in [0.15, 0.2) is 0 Å². The van der Waals surface area contributed by atoms with Gasteiger partial charge in [0, 0.05) is 10.6 Å². The Hall–Kier alpha value is -2.24. The van der Waals surface area contributed by atoms with Crippen molar-refractivity contribution in [2.45, 2.75) is 0 Å². The van der Waals surface area contributed by atoms with Crippen molar-refractivity contribution in [3.05, 3.63) is 63.6 Å². The molecule has 7 heteroatoms. The molecule has 0 saturated carbocycles. The van der Waals surface area contributed by atoms with E-state index in [9.17, 15) is 9.59 Å². The highest BCUT2D eigenvalue weighted by molar-refractivity contribution is 6.36. The number of phenols is 1. The van der Waals surface area contributed by atoms with Crippen LogP contribution in [0.1, 0.15) is 20.7 Å². The first-order valence-electron chi connectivity index (χ1n) is 5.82. The molecule has 21 heavy (non-hydrogen) atoms. The number of hydrogen-bond donors (Lipinski definition) is 3. The summed E-state index contributed by atoms with van der Waals surface area (Å²) in [7, 11) is 0. The first kappa shape index (κ1) is 15.2. The molecule has 0 spiro atoms. The molecule has 0 fully saturated rings. The van der Waals surface area contributed by atoms with E-state index in [1.165, 1.54) is 42.5 Å². The molecule has 5 nitrogen and oxygen atoms in total. The van der Waals surface area contributed by atoms with Gasteiger partial charge in [0.25, 0.3) is 11.8 Å². The van der Waals surface area contributed by atoms with E-state index in [1.54, 1.807) is 0 Å². The van der Waals surface area contributed by atoms with Gasteiger partial charge in [-0.3, -0.25) is 20.4 Å². The Kier molecular flexibility index (Phi) is 4.67. The second-order valence-electron chi connectivity index (χ2n) is 4.08. The van der Waals surface area contributed by atoms with E-state index in [0.717, 1.165) is 0 Å². The van der Waals surface area contributed by atoms with Gasteiger partial charge < -0.3 is 5.11 Å². The van der Waals surface area contributed by atoms with Gasteiger partial charge in [0.2, 0.25) is 0 Å². The van der Waals surface area contributed by atoms with Gasteiger partial charge in [0.1, 0.15) is 5.75 Å². The van der Waals surface area contributed by atoms with Crippen LogP contribution in [0.2, 0.25) is 10.0 Å². The number of rotatable bonds is 2. The average molecular weight is 325 g/mol. The molecule has 0 aliphatic rings. The summed E-state index contributed by atoms with van der Waals surface area (Å²) in [5, 5.41) is 9.72. The summed E-state index contributed by atoms with van der Waals surface area (Å²) in [6, 6.07) is 9.98. The SMILES string of the molecule is O=C(NNC(=O)c1ccc(Cl)cc1Cl)c1ccc(O)cc1. The van der Waals surface area contributed by atoms with Crippen molar-refractivity contribution in [3.63, 3.8) is 0 Å². The Bertz CT molecular complexity index is 687. The molecule has 0 saturated heterocycles. The summed E-state index contributed by atoms with van der Waals surface area (Å²) >= 11 is 11.6. The van der Waals surface area contributed by atoms with Crippen molar-refractivity contribution in [2.24, 2.45) is 0 Å². The number of hydrogen-bond acceptors (Lipinski definition) is 3. The van der Waals surface area contributed by atoms with E-state index in [1.807, 2.05) is 0 Å². The first-order chi connectivity index (χ1) is 9.97. The van der Waals surface area contributed by atoms with E-state index in [4.69, 9.17) is 28.3 Å². The zero-order valence-electron chi connectivity index (χ0n) is 10.6. The minimum absolute atomic E-state index is 0.0449. The van der Waals surface area contributed by atoms with Gasteiger partial charge in [-0.2, -0.15) is 0 Å². The maximum absolute atomic E-state index is 11.9. The van der Waals surface area contributed by atoms with Crippen molar-refractivity contribution in [3.8, 4) is 5.75 Å². The molecule has 0 aromatic heterocycles. The lowest BCUT2D eigenvalue weighted by molar-refractivity contribution is 0.0846. The molecule has 0 atom stereocenters. The summed E-state index contributed by atoms with van der Waals surface area (Å²) in [6.45, 7) is 0. The number of phenolic OH excluding ortho intramolecular Hbond substituents is 1.